The molecule has 0 fully saturated rings. The van der Waals surface area contributed by atoms with Crippen LogP contribution >= 0.6 is 0 Å². The van der Waals surface area contributed by atoms with Gasteiger partial charge < -0.3 is 4.90 Å². The van der Waals surface area contributed by atoms with Gasteiger partial charge in [0.05, 0.1) is 12.5 Å². The molecule has 2 aromatic heterocycles. The Morgan fingerprint density at radius 2 is 2.14 bits per heavy atom. The van der Waals surface area contributed by atoms with E-state index in [9.17, 15) is 0 Å². The number of nitrogens with zero attached hydrogens (tertiary/aromatic N) is 6. The maximum atomic E-state index is 9.01. The average Bonchev–Trinajstić information content (AvgIpc) is 2.51. The van der Waals surface area contributed by atoms with Gasteiger partial charge in [0.1, 0.15) is 11.8 Å². The topological polar surface area (TPSA) is 89.5 Å². The Kier molecular flexibility index (Phi) is 4.79. The van der Waals surface area contributed by atoms with E-state index in [1.807, 2.05) is 30.0 Å². The fraction of sp³-hybridized carbons (Fsp3) is 0.267. The predicted octanol–water partition coefficient (Wildman–Crippen LogP) is 1.97. The SMILES string of the molecule is Cc1cc(C#N)nc(N(CCC#N)Cc2cccnc2)n1. The van der Waals surface area contributed by atoms with Crippen molar-refractivity contribution in [2.24, 2.45) is 0 Å². The van der Waals surface area contributed by atoms with E-state index in [1.54, 1.807) is 18.5 Å². The molecule has 21 heavy (non-hydrogen) atoms. The molecule has 6 nitrogen and oxygen atoms in total. The molecule has 0 spiro atoms. The van der Waals surface area contributed by atoms with Gasteiger partial charge in [-0.05, 0) is 24.6 Å². The highest BCUT2D eigenvalue weighted by molar-refractivity contribution is 5.37. The number of aryl methyl sites for hydroxylation is 1. The molecule has 0 aromatic carbocycles. The van der Waals surface area contributed by atoms with E-state index in [0.717, 1.165) is 11.3 Å². The molecule has 0 aliphatic carbocycles. The predicted molar refractivity (Wildman–Crippen MR) is 77.0 cm³/mol. The average molecular weight is 278 g/mol. The van der Waals surface area contributed by atoms with Crippen molar-refractivity contribution in [1.29, 1.82) is 10.5 Å². The van der Waals surface area contributed by atoms with Crippen LogP contribution in [0.5, 0.6) is 0 Å². The van der Waals surface area contributed by atoms with E-state index in [1.165, 1.54) is 0 Å². The fourth-order valence-corrected chi connectivity index (χ4v) is 1.90. The molecule has 0 bridgehead atoms. The molecular formula is C15H14N6. The van der Waals surface area contributed by atoms with Gasteiger partial charge in [0.25, 0.3) is 0 Å². The van der Waals surface area contributed by atoms with Crippen LogP contribution in [0.25, 0.3) is 0 Å². The fourth-order valence-electron chi connectivity index (χ4n) is 1.90. The Labute approximate surface area is 123 Å². The molecule has 0 atom stereocenters. The van der Waals surface area contributed by atoms with Crippen LogP contribution in [0, 0.1) is 29.6 Å². The summed E-state index contributed by atoms with van der Waals surface area (Å²) < 4.78 is 0. The van der Waals surface area contributed by atoms with Crippen molar-refractivity contribution in [2.45, 2.75) is 19.9 Å². The van der Waals surface area contributed by atoms with E-state index in [2.05, 4.69) is 21.0 Å². The molecule has 0 amide bonds. The number of hydrogen-bond acceptors (Lipinski definition) is 6. The van der Waals surface area contributed by atoms with Crippen LogP contribution in [0.15, 0.2) is 30.6 Å². The number of anilines is 1. The van der Waals surface area contributed by atoms with Crippen LogP contribution in [0.1, 0.15) is 23.4 Å². The van der Waals surface area contributed by atoms with Crippen LogP contribution in [0.4, 0.5) is 5.95 Å². The Morgan fingerprint density at radius 3 is 2.81 bits per heavy atom. The van der Waals surface area contributed by atoms with Gasteiger partial charge in [0.2, 0.25) is 5.95 Å². The van der Waals surface area contributed by atoms with Crippen molar-refractivity contribution in [3.8, 4) is 12.1 Å². The lowest BCUT2D eigenvalue weighted by Gasteiger charge is -2.21. The summed E-state index contributed by atoms with van der Waals surface area (Å²) in [6.07, 6.45) is 3.83. The molecule has 0 radical (unpaired) electrons. The summed E-state index contributed by atoms with van der Waals surface area (Å²) in [7, 11) is 0. The third-order valence-corrected chi connectivity index (χ3v) is 2.83. The summed E-state index contributed by atoms with van der Waals surface area (Å²) in [5.41, 5.74) is 2.05. The Balaban J connectivity index is 2.30. The zero-order valence-corrected chi connectivity index (χ0v) is 11.7. The highest BCUT2D eigenvalue weighted by Crippen LogP contribution is 2.14. The normalized spacial score (nSPS) is 9.67. The number of rotatable bonds is 5. The lowest BCUT2D eigenvalue weighted by atomic mass is 10.2. The molecule has 0 unspecified atom stereocenters. The van der Waals surface area contributed by atoms with Crippen molar-refractivity contribution in [1.82, 2.24) is 15.0 Å². The maximum absolute atomic E-state index is 9.01. The minimum absolute atomic E-state index is 0.325. The Bertz CT molecular complexity index is 684. The van der Waals surface area contributed by atoms with Crippen LogP contribution in [-0.2, 0) is 6.54 Å². The smallest absolute Gasteiger partial charge is 0.227 e. The van der Waals surface area contributed by atoms with Crippen LogP contribution in [0.3, 0.4) is 0 Å². The van der Waals surface area contributed by atoms with Gasteiger partial charge in [-0.2, -0.15) is 10.5 Å². The minimum atomic E-state index is 0.325. The highest BCUT2D eigenvalue weighted by Gasteiger charge is 2.12. The van der Waals surface area contributed by atoms with Crippen molar-refractivity contribution in [2.75, 3.05) is 11.4 Å². The summed E-state index contributed by atoms with van der Waals surface area (Å²) in [6.45, 7) is 2.86. The Morgan fingerprint density at radius 1 is 1.29 bits per heavy atom. The van der Waals surface area contributed by atoms with E-state index >= 15 is 0 Å². The third-order valence-electron chi connectivity index (χ3n) is 2.83. The largest absolute Gasteiger partial charge is 0.335 e. The van der Waals surface area contributed by atoms with Crippen molar-refractivity contribution < 1.29 is 0 Å². The lowest BCUT2D eigenvalue weighted by Crippen LogP contribution is -2.26. The van der Waals surface area contributed by atoms with Gasteiger partial charge in [0, 0.05) is 31.2 Å². The first kappa shape index (κ1) is 14.4. The lowest BCUT2D eigenvalue weighted by molar-refractivity contribution is 0.757. The number of nitriles is 2. The number of pyridine rings is 1. The molecule has 2 aromatic rings. The van der Waals surface area contributed by atoms with Gasteiger partial charge in [-0.3, -0.25) is 4.98 Å². The summed E-state index contributed by atoms with van der Waals surface area (Å²) in [4.78, 5) is 14.6. The zero-order valence-electron chi connectivity index (χ0n) is 11.7. The molecule has 0 saturated carbocycles. The molecule has 2 rings (SSSR count). The first-order valence-corrected chi connectivity index (χ1v) is 6.49. The second kappa shape index (κ2) is 6.97. The summed E-state index contributed by atoms with van der Waals surface area (Å²) in [6, 6.07) is 9.59. The van der Waals surface area contributed by atoms with Crippen LogP contribution in [0.2, 0.25) is 0 Å². The van der Waals surface area contributed by atoms with Crippen molar-refractivity contribution in [3.63, 3.8) is 0 Å². The summed E-state index contributed by atoms with van der Waals surface area (Å²) in [5, 5.41) is 17.8. The quantitative estimate of drug-likeness (QED) is 0.830. The molecule has 0 N–H and O–H groups in total. The number of aromatic nitrogens is 3. The van der Waals surface area contributed by atoms with Gasteiger partial charge >= 0.3 is 0 Å². The van der Waals surface area contributed by atoms with Crippen LogP contribution in [-0.4, -0.2) is 21.5 Å². The molecule has 0 aliphatic rings. The Hall–Kier alpha value is -2.99. The monoisotopic (exact) mass is 278 g/mol. The maximum Gasteiger partial charge on any atom is 0.227 e. The van der Waals surface area contributed by atoms with Gasteiger partial charge in [-0.25, -0.2) is 9.97 Å². The molecule has 104 valence electrons. The first-order chi connectivity index (χ1) is 10.2. The van der Waals surface area contributed by atoms with Gasteiger partial charge in [-0.1, -0.05) is 6.07 Å². The highest BCUT2D eigenvalue weighted by atomic mass is 15.2. The molecule has 2 heterocycles. The van der Waals surface area contributed by atoms with E-state index in [4.69, 9.17) is 10.5 Å². The molecule has 0 aliphatic heterocycles. The third kappa shape index (κ3) is 3.99. The van der Waals surface area contributed by atoms with Crippen LogP contribution < -0.4 is 4.90 Å². The van der Waals surface area contributed by atoms with Crippen molar-refractivity contribution in [3.05, 3.63) is 47.5 Å². The second-order valence-electron chi connectivity index (χ2n) is 4.50. The van der Waals surface area contributed by atoms with E-state index < -0.39 is 0 Å². The van der Waals surface area contributed by atoms with E-state index in [-0.39, 0.29) is 0 Å². The van der Waals surface area contributed by atoms with Crippen molar-refractivity contribution >= 4 is 5.95 Å². The standard InChI is InChI=1S/C15H14N6/c1-12-8-14(9-17)20-15(19-12)21(7-3-5-16)11-13-4-2-6-18-10-13/h2,4,6,8,10H,3,7,11H2,1H3. The van der Waals surface area contributed by atoms with Gasteiger partial charge in [-0.15, -0.1) is 0 Å². The first-order valence-electron chi connectivity index (χ1n) is 6.49. The second-order valence-corrected chi connectivity index (χ2v) is 4.50. The molecule has 0 saturated heterocycles. The zero-order chi connectivity index (χ0) is 15.1. The summed E-state index contributed by atoms with van der Waals surface area (Å²) in [5.74, 6) is 0.464. The number of hydrogen-bond donors (Lipinski definition) is 0. The van der Waals surface area contributed by atoms with E-state index in [0.29, 0.717) is 31.2 Å². The minimum Gasteiger partial charge on any atom is -0.335 e. The molecule has 6 heteroatoms. The van der Waals surface area contributed by atoms with Gasteiger partial charge in [0.15, 0.2) is 0 Å². The summed E-state index contributed by atoms with van der Waals surface area (Å²) >= 11 is 0. The molecular weight excluding hydrogens is 264 g/mol.